The number of ether oxygens (including phenoxy) is 4. The number of carbonyl (C=O) groups excluding carboxylic acids is 1. The second-order valence-electron chi connectivity index (χ2n) is 7.94. The van der Waals surface area contributed by atoms with E-state index in [2.05, 4.69) is 5.32 Å². The molecular formula is C28H28ClNO7S. The predicted octanol–water partition coefficient (Wildman–Crippen LogP) is 5.77. The van der Waals surface area contributed by atoms with E-state index < -0.39 is 9.84 Å². The standard InChI is InChI=1S/C28H28ClNO7S/c1-34-22-16-27(36-3)23(28(17-22)37-4)12-14-38(32,33)18-19-5-10-26(35-2)24(15-19)30-13-11-25(31)20-6-8-21(29)9-7-20/h5-17,30H,18H2,1-4H3/b13-11+,14-12+. The van der Waals surface area contributed by atoms with E-state index in [-0.39, 0.29) is 11.5 Å². The lowest BCUT2D eigenvalue weighted by molar-refractivity contribution is 0.104. The first-order chi connectivity index (χ1) is 18.2. The normalized spacial score (nSPS) is 11.5. The molecule has 0 aliphatic rings. The molecule has 0 saturated carbocycles. The fourth-order valence-electron chi connectivity index (χ4n) is 3.52. The molecule has 3 rings (SSSR count). The Balaban J connectivity index is 1.78. The molecule has 0 unspecified atom stereocenters. The number of anilines is 1. The SMILES string of the molecule is COc1cc(OC)c(/C=C/S(=O)(=O)Cc2ccc(OC)c(N/C=C/C(=O)c3ccc(Cl)cc3)c2)c(OC)c1. The molecule has 0 bridgehead atoms. The Morgan fingerprint density at radius 3 is 2.08 bits per heavy atom. The quantitative estimate of drug-likeness (QED) is 0.221. The Hall–Kier alpha value is -3.95. The van der Waals surface area contributed by atoms with Gasteiger partial charge in [0.05, 0.1) is 45.4 Å². The van der Waals surface area contributed by atoms with Crippen molar-refractivity contribution < 1.29 is 32.2 Å². The predicted molar refractivity (Wildman–Crippen MR) is 149 cm³/mol. The van der Waals surface area contributed by atoms with Gasteiger partial charge < -0.3 is 24.3 Å². The molecule has 0 amide bonds. The zero-order valence-electron chi connectivity index (χ0n) is 21.4. The summed E-state index contributed by atoms with van der Waals surface area (Å²) in [5.41, 5.74) is 1.97. The second kappa shape index (κ2) is 13.0. The van der Waals surface area contributed by atoms with Crippen LogP contribution in [0.5, 0.6) is 23.0 Å². The minimum atomic E-state index is -3.68. The van der Waals surface area contributed by atoms with Gasteiger partial charge in [-0.15, -0.1) is 0 Å². The van der Waals surface area contributed by atoms with Crippen LogP contribution >= 0.6 is 11.6 Å². The van der Waals surface area contributed by atoms with Crippen molar-refractivity contribution in [3.8, 4) is 23.0 Å². The van der Waals surface area contributed by atoms with E-state index in [1.54, 1.807) is 54.6 Å². The van der Waals surface area contributed by atoms with Crippen molar-refractivity contribution in [2.75, 3.05) is 33.8 Å². The Bertz CT molecular complexity index is 1420. The van der Waals surface area contributed by atoms with E-state index >= 15 is 0 Å². The van der Waals surface area contributed by atoms with Crippen LogP contribution < -0.4 is 24.3 Å². The van der Waals surface area contributed by atoms with E-state index in [1.165, 1.54) is 46.8 Å². The molecule has 3 aromatic rings. The van der Waals surface area contributed by atoms with Crippen molar-refractivity contribution in [3.63, 3.8) is 0 Å². The highest BCUT2D eigenvalue weighted by atomic mass is 35.5. The first-order valence-corrected chi connectivity index (χ1v) is 13.4. The molecule has 0 radical (unpaired) electrons. The van der Waals surface area contributed by atoms with Crippen molar-refractivity contribution in [2.45, 2.75) is 5.75 Å². The molecule has 0 aliphatic carbocycles. The number of ketones is 1. The van der Waals surface area contributed by atoms with Crippen LogP contribution in [0.2, 0.25) is 5.02 Å². The van der Waals surface area contributed by atoms with Crippen LogP contribution in [0.25, 0.3) is 6.08 Å². The maximum atomic E-state index is 12.9. The third kappa shape index (κ3) is 7.53. The summed E-state index contributed by atoms with van der Waals surface area (Å²) in [6.45, 7) is 0. The van der Waals surface area contributed by atoms with Crippen LogP contribution in [0.4, 0.5) is 5.69 Å². The van der Waals surface area contributed by atoms with Gasteiger partial charge in [-0.05, 0) is 48.0 Å². The van der Waals surface area contributed by atoms with Gasteiger partial charge in [-0.25, -0.2) is 8.42 Å². The molecule has 0 fully saturated rings. The fraction of sp³-hybridized carbons (Fsp3) is 0.179. The lowest BCUT2D eigenvalue weighted by atomic mass is 10.1. The van der Waals surface area contributed by atoms with Crippen LogP contribution in [-0.4, -0.2) is 42.6 Å². The summed E-state index contributed by atoms with van der Waals surface area (Å²) in [6, 6.07) is 14.8. The zero-order chi connectivity index (χ0) is 27.7. The molecule has 10 heteroatoms. The minimum absolute atomic E-state index is 0.221. The summed E-state index contributed by atoms with van der Waals surface area (Å²) < 4.78 is 47.2. The highest BCUT2D eigenvalue weighted by molar-refractivity contribution is 7.93. The number of rotatable bonds is 12. The van der Waals surface area contributed by atoms with Gasteiger partial charge in [0.2, 0.25) is 0 Å². The molecule has 0 aromatic heterocycles. The number of allylic oxidation sites excluding steroid dienone is 1. The third-order valence-electron chi connectivity index (χ3n) is 5.43. The molecule has 38 heavy (non-hydrogen) atoms. The number of benzene rings is 3. The van der Waals surface area contributed by atoms with Gasteiger partial charge in [0, 0.05) is 40.4 Å². The molecule has 200 valence electrons. The van der Waals surface area contributed by atoms with Crippen LogP contribution in [0.15, 0.2) is 72.3 Å². The average Bonchev–Trinajstić information content (AvgIpc) is 2.91. The van der Waals surface area contributed by atoms with Crippen molar-refractivity contribution >= 4 is 39.0 Å². The smallest absolute Gasteiger partial charge is 0.187 e. The molecule has 0 aliphatic heterocycles. The number of halogens is 1. The van der Waals surface area contributed by atoms with Gasteiger partial charge in [-0.3, -0.25) is 4.79 Å². The molecule has 1 N–H and O–H groups in total. The molecule has 0 heterocycles. The Kier molecular flexibility index (Phi) is 9.81. The summed E-state index contributed by atoms with van der Waals surface area (Å²) in [7, 11) is 2.28. The monoisotopic (exact) mass is 557 g/mol. The van der Waals surface area contributed by atoms with Crippen LogP contribution in [0, 0.1) is 0 Å². The third-order valence-corrected chi connectivity index (χ3v) is 6.97. The topological polar surface area (TPSA) is 100 Å². The average molecular weight is 558 g/mol. The van der Waals surface area contributed by atoms with Crippen LogP contribution in [0.1, 0.15) is 21.5 Å². The Morgan fingerprint density at radius 2 is 1.50 bits per heavy atom. The number of methoxy groups -OCH3 is 4. The molecular weight excluding hydrogens is 530 g/mol. The molecule has 0 spiro atoms. The minimum Gasteiger partial charge on any atom is -0.496 e. The largest absolute Gasteiger partial charge is 0.496 e. The zero-order valence-corrected chi connectivity index (χ0v) is 22.9. The number of sulfone groups is 1. The maximum absolute atomic E-state index is 12.9. The highest BCUT2D eigenvalue weighted by Gasteiger charge is 2.15. The van der Waals surface area contributed by atoms with E-state index in [9.17, 15) is 13.2 Å². The summed E-state index contributed by atoms with van der Waals surface area (Å²) in [4.78, 5) is 12.4. The molecule has 8 nitrogen and oxygen atoms in total. The molecule has 0 atom stereocenters. The molecule has 0 saturated heterocycles. The highest BCUT2D eigenvalue weighted by Crippen LogP contribution is 2.35. The van der Waals surface area contributed by atoms with E-state index in [0.717, 1.165) is 5.41 Å². The first kappa shape index (κ1) is 28.6. The van der Waals surface area contributed by atoms with Crippen LogP contribution in [-0.2, 0) is 15.6 Å². The van der Waals surface area contributed by atoms with Gasteiger partial charge in [0.1, 0.15) is 23.0 Å². The van der Waals surface area contributed by atoms with Crippen LogP contribution in [0.3, 0.4) is 0 Å². The summed E-state index contributed by atoms with van der Waals surface area (Å²) in [5.74, 6) is 1.32. The second-order valence-corrected chi connectivity index (χ2v) is 10.3. The van der Waals surface area contributed by atoms with E-state index in [0.29, 0.717) is 50.4 Å². The van der Waals surface area contributed by atoms with Crippen molar-refractivity contribution in [1.82, 2.24) is 0 Å². The van der Waals surface area contributed by atoms with E-state index in [4.69, 9.17) is 30.5 Å². The van der Waals surface area contributed by atoms with Gasteiger partial charge in [0.25, 0.3) is 0 Å². The Morgan fingerprint density at radius 1 is 0.868 bits per heavy atom. The number of hydrogen-bond acceptors (Lipinski definition) is 8. The fourth-order valence-corrected chi connectivity index (χ4v) is 4.73. The van der Waals surface area contributed by atoms with E-state index in [1.807, 2.05) is 0 Å². The van der Waals surface area contributed by atoms with Crippen molar-refractivity contribution in [1.29, 1.82) is 0 Å². The summed E-state index contributed by atoms with van der Waals surface area (Å²) in [6.07, 6.45) is 4.26. The summed E-state index contributed by atoms with van der Waals surface area (Å²) in [5, 5.41) is 4.64. The van der Waals surface area contributed by atoms with Gasteiger partial charge in [-0.1, -0.05) is 17.7 Å². The van der Waals surface area contributed by atoms with Gasteiger partial charge in [0.15, 0.2) is 15.6 Å². The van der Waals surface area contributed by atoms with Gasteiger partial charge >= 0.3 is 0 Å². The van der Waals surface area contributed by atoms with Gasteiger partial charge in [-0.2, -0.15) is 0 Å². The summed E-state index contributed by atoms with van der Waals surface area (Å²) >= 11 is 5.87. The number of hydrogen-bond donors (Lipinski definition) is 1. The number of carbonyl (C=O) groups is 1. The number of nitrogens with one attached hydrogen (secondary N) is 1. The van der Waals surface area contributed by atoms with Crippen molar-refractivity contribution in [3.05, 3.63) is 94.0 Å². The first-order valence-electron chi connectivity index (χ1n) is 11.3. The Labute approximate surface area is 227 Å². The maximum Gasteiger partial charge on any atom is 0.187 e. The lowest BCUT2D eigenvalue weighted by Crippen LogP contribution is -2.02. The van der Waals surface area contributed by atoms with Crippen molar-refractivity contribution in [2.24, 2.45) is 0 Å². The lowest BCUT2D eigenvalue weighted by Gasteiger charge is -2.12. The molecule has 3 aromatic carbocycles.